The van der Waals surface area contributed by atoms with Crippen molar-refractivity contribution in [2.75, 3.05) is 10.0 Å². The Morgan fingerprint density at radius 2 is 1.92 bits per heavy atom. The lowest BCUT2D eigenvalue weighted by Crippen LogP contribution is -2.18. The smallest absolute Gasteiger partial charge is 0.271 e. The highest BCUT2D eigenvalue weighted by molar-refractivity contribution is 7.94. The van der Waals surface area contributed by atoms with Crippen molar-refractivity contribution in [3.63, 3.8) is 0 Å². The minimum Gasteiger partial charge on any atom is -0.298 e. The fraction of sp³-hybridized carbons (Fsp3) is 0.0667. The van der Waals surface area contributed by atoms with E-state index >= 15 is 0 Å². The van der Waals surface area contributed by atoms with Crippen LogP contribution in [0.25, 0.3) is 0 Å². The fourth-order valence-corrected chi connectivity index (χ4v) is 5.21. The number of nitrogens with one attached hydrogen (secondary N) is 2. The van der Waals surface area contributed by atoms with Crippen LogP contribution in [0.4, 0.5) is 10.8 Å². The third-order valence-electron chi connectivity index (χ3n) is 3.07. The van der Waals surface area contributed by atoms with Crippen LogP contribution in [0.1, 0.15) is 15.2 Å². The number of halogens is 1. The Morgan fingerprint density at radius 1 is 1.16 bits per heavy atom. The molecule has 0 aliphatic heterocycles. The van der Waals surface area contributed by atoms with Gasteiger partial charge in [0.25, 0.3) is 15.9 Å². The largest absolute Gasteiger partial charge is 0.298 e. The molecule has 2 N–H and O–H groups in total. The average Bonchev–Trinajstić information content (AvgIpc) is 3.16. The maximum absolute atomic E-state index is 12.5. The Kier molecular flexibility index (Phi) is 5.09. The molecule has 0 aliphatic rings. The van der Waals surface area contributed by atoms with Crippen LogP contribution in [0.2, 0.25) is 4.34 Å². The van der Waals surface area contributed by atoms with Gasteiger partial charge in [0.05, 0.1) is 15.6 Å². The van der Waals surface area contributed by atoms with E-state index in [1.165, 1.54) is 35.6 Å². The lowest BCUT2D eigenvalue weighted by Gasteiger charge is -2.11. The molecule has 0 saturated heterocycles. The first kappa shape index (κ1) is 17.9. The van der Waals surface area contributed by atoms with Gasteiger partial charge in [-0.3, -0.25) is 14.8 Å². The lowest BCUT2D eigenvalue weighted by atomic mass is 10.2. The highest BCUT2D eigenvalue weighted by atomic mass is 35.5. The van der Waals surface area contributed by atoms with Crippen molar-refractivity contribution in [2.45, 2.75) is 11.1 Å². The van der Waals surface area contributed by atoms with E-state index in [1.54, 1.807) is 18.3 Å². The molecule has 25 heavy (non-hydrogen) atoms. The van der Waals surface area contributed by atoms with Crippen molar-refractivity contribution in [3.05, 3.63) is 57.4 Å². The molecule has 0 spiro atoms. The van der Waals surface area contributed by atoms with Gasteiger partial charge in [-0.2, -0.15) is 0 Å². The number of benzene rings is 1. The van der Waals surface area contributed by atoms with Crippen LogP contribution in [0.15, 0.2) is 46.8 Å². The van der Waals surface area contributed by atoms with E-state index in [-0.39, 0.29) is 15.5 Å². The minimum atomic E-state index is -3.83. The van der Waals surface area contributed by atoms with E-state index in [0.29, 0.717) is 9.47 Å². The standard InChI is InChI=1S/C15H12ClN3O3S3/c1-9-8-17-15(23-9)18-14(20)10-4-2-3-5-11(10)19-25(21,22)13-7-6-12(16)24-13/h2-8,19H,1H3,(H,17,18,20). The van der Waals surface area contributed by atoms with E-state index in [4.69, 9.17) is 11.6 Å². The van der Waals surface area contributed by atoms with Gasteiger partial charge < -0.3 is 0 Å². The van der Waals surface area contributed by atoms with Gasteiger partial charge in [0.15, 0.2) is 5.13 Å². The number of nitrogens with zero attached hydrogens (tertiary/aromatic N) is 1. The summed E-state index contributed by atoms with van der Waals surface area (Å²) in [5, 5.41) is 3.11. The number of aromatic nitrogens is 1. The molecule has 0 radical (unpaired) electrons. The summed E-state index contributed by atoms with van der Waals surface area (Å²) < 4.78 is 27.8. The number of para-hydroxylation sites is 1. The number of hydrogen-bond donors (Lipinski definition) is 2. The minimum absolute atomic E-state index is 0.0725. The summed E-state index contributed by atoms with van der Waals surface area (Å²) in [5.74, 6) is -0.447. The Labute approximate surface area is 157 Å². The summed E-state index contributed by atoms with van der Waals surface area (Å²) in [6.07, 6.45) is 1.65. The molecule has 0 fully saturated rings. The van der Waals surface area contributed by atoms with E-state index in [0.717, 1.165) is 16.2 Å². The van der Waals surface area contributed by atoms with Crippen molar-refractivity contribution in [3.8, 4) is 0 Å². The zero-order valence-corrected chi connectivity index (χ0v) is 16.0. The number of anilines is 2. The molecule has 0 aliphatic carbocycles. The third kappa shape index (κ3) is 4.18. The molecule has 1 amide bonds. The summed E-state index contributed by atoms with van der Waals surface area (Å²) in [5.41, 5.74) is 0.374. The SMILES string of the molecule is Cc1cnc(NC(=O)c2ccccc2NS(=O)(=O)c2ccc(Cl)s2)s1. The Bertz CT molecular complexity index is 1030. The van der Waals surface area contributed by atoms with Crippen LogP contribution in [0.3, 0.4) is 0 Å². The summed E-state index contributed by atoms with van der Waals surface area (Å²) in [4.78, 5) is 17.5. The number of hydrogen-bond acceptors (Lipinski definition) is 6. The van der Waals surface area contributed by atoms with Crippen molar-refractivity contribution in [2.24, 2.45) is 0 Å². The quantitative estimate of drug-likeness (QED) is 0.655. The molecule has 130 valence electrons. The molecule has 3 aromatic rings. The van der Waals surface area contributed by atoms with Crippen LogP contribution in [-0.2, 0) is 10.0 Å². The van der Waals surface area contributed by atoms with Gasteiger partial charge in [0.2, 0.25) is 0 Å². The van der Waals surface area contributed by atoms with Crippen molar-refractivity contribution < 1.29 is 13.2 Å². The van der Waals surface area contributed by atoms with E-state index in [1.807, 2.05) is 6.92 Å². The maximum atomic E-state index is 12.5. The van der Waals surface area contributed by atoms with Gasteiger partial charge in [-0.25, -0.2) is 13.4 Å². The van der Waals surface area contributed by atoms with E-state index in [9.17, 15) is 13.2 Å². The molecule has 6 nitrogen and oxygen atoms in total. The van der Waals surface area contributed by atoms with E-state index < -0.39 is 15.9 Å². The number of carbonyl (C=O) groups is 1. The second-order valence-electron chi connectivity index (χ2n) is 4.94. The first-order chi connectivity index (χ1) is 11.8. The lowest BCUT2D eigenvalue weighted by molar-refractivity contribution is 0.102. The zero-order chi connectivity index (χ0) is 18.0. The number of aryl methyl sites for hydroxylation is 1. The molecule has 2 heterocycles. The molecule has 0 bridgehead atoms. The predicted molar refractivity (Wildman–Crippen MR) is 101 cm³/mol. The van der Waals surface area contributed by atoms with Gasteiger partial charge in [0.1, 0.15) is 4.21 Å². The first-order valence-electron chi connectivity index (χ1n) is 6.96. The van der Waals surface area contributed by atoms with Crippen molar-refractivity contribution in [1.82, 2.24) is 4.98 Å². The van der Waals surface area contributed by atoms with Crippen molar-refractivity contribution in [1.29, 1.82) is 0 Å². The molecule has 3 rings (SSSR count). The monoisotopic (exact) mass is 413 g/mol. The number of thiazole rings is 1. The van der Waals surface area contributed by atoms with Crippen LogP contribution < -0.4 is 10.0 Å². The van der Waals surface area contributed by atoms with Crippen LogP contribution in [0.5, 0.6) is 0 Å². The fourth-order valence-electron chi connectivity index (χ4n) is 1.98. The van der Waals surface area contributed by atoms with Crippen LogP contribution in [0, 0.1) is 6.92 Å². The molecule has 2 aromatic heterocycles. The zero-order valence-electron chi connectivity index (χ0n) is 12.8. The molecule has 10 heteroatoms. The molecule has 1 aromatic carbocycles. The predicted octanol–water partition coefficient (Wildman–Crippen LogP) is 4.22. The van der Waals surface area contributed by atoms with Gasteiger partial charge >= 0.3 is 0 Å². The third-order valence-corrected chi connectivity index (χ3v) is 6.99. The average molecular weight is 414 g/mol. The van der Waals surface area contributed by atoms with Crippen LogP contribution >= 0.6 is 34.3 Å². The number of amides is 1. The number of rotatable bonds is 5. The normalized spacial score (nSPS) is 11.3. The molecule has 0 unspecified atom stereocenters. The maximum Gasteiger partial charge on any atom is 0.271 e. The Morgan fingerprint density at radius 3 is 2.56 bits per heavy atom. The Hall–Kier alpha value is -1.94. The second kappa shape index (κ2) is 7.12. The molecule has 0 saturated carbocycles. The van der Waals surface area contributed by atoms with Crippen molar-refractivity contribution >= 4 is 61.0 Å². The highest BCUT2D eigenvalue weighted by Gasteiger charge is 2.20. The second-order valence-corrected chi connectivity index (χ2v) is 9.80. The van der Waals surface area contributed by atoms with E-state index in [2.05, 4.69) is 15.0 Å². The summed E-state index contributed by atoms with van der Waals surface area (Å²) in [7, 11) is -3.83. The number of thiophene rings is 1. The molecular formula is C15H12ClN3O3S3. The van der Waals surface area contributed by atoms with Gasteiger partial charge in [-0.15, -0.1) is 22.7 Å². The molecule has 0 atom stereocenters. The van der Waals surface area contributed by atoms with Gasteiger partial charge in [-0.1, -0.05) is 23.7 Å². The van der Waals surface area contributed by atoms with Gasteiger partial charge in [0, 0.05) is 11.1 Å². The summed E-state index contributed by atoms with van der Waals surface area (Å²) >= 11 is 8.07. The Balaban J connectivity index is 1.87. The van der Waals surface area contributed by atoms with Gasteiger partial charge in [-0.05, 0) is 31.2 Å². The topological polar surface area (TPSA) is 88.2 Å². The summed E-state index contributed by atoms with van der Waals surface area (Å²) in [6.45, 7) is 1.88. The summed E-state index contributed by atoms with van der Waals surface area (Å²) in [6, 6.07) is 9.27. The first-order valence-corrected chi connectivity index (χ1v) is 10.5. The van der Waals surface area contributed by atoms with Crippen LogP contribution in [-0.4, -0.2) is 19.3 Å². The highest BCUT2D eigenvalue weighted by Crippen LogP contribution is 2.28. The number of sulfonamides is 1. The molecular weight excluding hydrogens is 402 g/mol. The number of carbonyl (C=O) groups excluding carboxylic acids is 1.